The predicted octanol–water partition coefficient (Wildman–Crippen LogP) is 5.07. The average molecular weight is 746 g/mol. The van der Waals surface area contributed by atoms with Crippen LogP contribution in [0.15, 0.2) is 48.7 Å². The molecule has 0 radical (unpaired) electrons. The number of anilines is 1. The van der Waals surface area contributed by atoms with Crippen molar-refractivity contribution in [2.45, 2.75) is 51.2 Å². The van der Waals surface area contributed by atoms with Gasteiger partial charge in [0.1, 0.15) is 5.75 Å². The van der Waals surface area contributed by atoms with Gasteiger partial charge in [-0.1, -0.05) is 47.5 Å². The molecular weight excluding hydrogens is 703 g/mol. The minimum absolute atomic E-state index is 0.0936. The smallest absolute Gasteiger partial charge is 0.291 e. The molecule has 3 amide bonds. The van der Waals surface area contributed by atoms with E-state index < -0.39 is 5.91 Å². The average Bonchev–Trinajstić information content (AvgIpc) is 3.90. The molecule has 3 aliphatic heterocycles. The molecule has 0 unspecified atom stereocenters. The summed E-state index contributed by atoms with van der Waals surface area (Å²) in [7, 11) is 3.45. The van der Waals surface area contributed by atoms with Crippen LogP contribution in [0.3, 0.4) is 0 Å². The summed E-state index contributed by atoms with van der Waals surface area (Å²) in [6.45, 7) is 4.58. The third kappa shape index (κ3) is 7.52. The van der Waals surface area contributed by atoms with Gasteiger partial charge >= 0.3 is 0 Å². The third-order valence-electron chi connectivity index (χ3n) is 10.1. The summed E-state index contributed by atoms with van der Waals surface area (Å²) >= 11 is 14.0. The molecule has 0 aliphatic carbocycles. The topological polar surface area (TPSA) is 134 Å². The minimum atomic E-state index is -0.401. The number of ether oxygens (including phenoxy) is 1. The molecule has 0 saturated carbocycles. The van der Waals surface area contributed by atoms with Crippen LogP contribution in [0.25, 0.3) is 22.4 Å². The van der Waals surface area contributed by atoms with E-state index in [4.69, 9.17) is 27.9 Å². The van der Waals surface area contributed by atoms with Crippen LogP contribution in [0.4, 0.5) is 5.69 Å². The van der Waals surface area contributed by atoms with Crippen LogP contribution in [0.1, 0.15) is 53.3 Å². The highest BCUT2D eigenvalue weighted by molar-refractivity contribution is 6.39. The van der Waals surface area contributed by atoms with E-state index in [9.17, 15) is 14.4 Å². The standard InChI is InChI=1S/C38H42Cl2N8O4/c1-46-30-13-17-48(33(50)22-47-15-3-4-16-47)21-29(30)44-37(46)38(51)45-28-7-5-6-26(34(28)39)27-12-14-42-36(35(27)40)23-8-9-24(31(18-23)52-2)19-41-20-25-10-11-32(49)43-25/h5-9,12,14,18,25,41H,3-4,10-11,13,15-17,19-22H2,1-2H3,(H,43,49)(H,45,51)/t25-/m1/s1. The molecule has 7 rings (SSSR count). The quantitative estimate of drug-likeness (QED) is 0.194. The van der Waals surface area contributed by atoms with Crippen molar-refractivity contribution >= 4 is 46.6 Å². The van der Waals surface area contributed by atoms with Crippen molar-refractivity contribution < 1.29 is 19.1 Å². The highest BCUT2D eigenvalue weighted by Crippen LogP contribution is 2.41. The van der Waals surface area contributed by atoms with Gasteiger partial charge in [-0.25, -0.2) is 4.98 Å². The first-order valence-corrected chi connectivity index (χ1v) is 18.4. The molecule has 14 heteroatoms. The third-order valence-corrected chi connectivity index (χ3v) is 10.9. The van der Waals surface area contributed by atoms with Crippen LogP contribution >= 0.6 is 23.2 Å². The van der Waals surface area contributed by atoms with E-state index in [0.29, 0.717) is 83.9 Å². The summed E-state index contributed by atoms with van der Waals surface area (Å²) in [5.74, 6) is 0.728. The van der Waals surface area contributed by atoms with Crippen molar-refractivity contribution in [1.29, 1.82) is 0 Å². The highest BCUT2D eigenvalue weighted by Gasteiger charge is 2.29. The molecule has 12 nitrogen and oxygen atoms in total. The summed E-state index contributed by atoms with van der Waals surface area (Å²) in [4.78, 5) is 51.4. The minimum Gasteiger partial charge on any atom is -0.496 e. The SMILES string of the molecule is COc1cc(-c2nccc(-c3cccc(NC(=O)c4nc5c(n4C)CCN(C(=O)CN4CCCC4)C5)c3Cl)c2Cl)ccc1CNC[C@H]1CCC(=O)N1. The van der Waals surface area contributed by atoms with Crippen LogP contribution in [-0.4, -0.2) is 87.9 Å². The second-order valence-electron chi connectivity index (χ2n) is 13.5. The number of likely N-dealkylation sites (tertiary alicyclic amines) is 1. The van der Waals surface area contributed by atoms with Crippen molar-refractivity contribution in [1.82, 2.24) is 35.0 Å². The molecule has 3 N–H and O–H groups in total. The monoisotopic (exact) mass is 744 g/mol. The number of rotatable bonds is 11. The first-order valence-electron chi connectivity index (χ1n) is 17.7. The molecule has 2 fully saturated rings. The van der Waals surface area contributed by atoms with Crippen LogP contribution < -0.4 is 20.7 Å². The van der Waals surface area contributed by atoms with Gasteiger partial charge in [0.15, 0.2) is 5.82 Å². The number of hydrogen-bond acceptors (Lipinski definition) is 8. The molecule has 52 heavy (non-hydrogen) atoms. The first kappa shape index (κ1) is 35.9. The number of carbonyl (C=O) groups excluding carboxylic acids is 3. The maximum atomic E-state index is 13.6. The Hall–Kier alpha value is -4.49. The zero-order chi connectivity index (χ0) is 36.4. The highest BCUT2D eigenvalue weighted by atomic mass is 35.5. The lowest BCUT2D eigenvalue weighted by molar-refractivity contribution is -0.133. The van der Waals surface area contributed by atoms with E-state index in [-0.39, 0.29) is 23.7 Å². The molecule has 4 aromatic rings. The Morgan fingerprint density at radius 1 is 1.04 bits per heavy atom. The molecular formula is C38H42Cl2N8O4. The number of hydrogen-bond donors (Lipinski definition) is 3. The van der Waals surface area contributed by atoms with Crippen LogP contribution in [0.2, 0.25) is 10.0 Å². The summed E-state index contributed by atoms with van der Waals surface area (Å²) in [5, 5.41) is 10.1. The summed E-state index contributed by atoms with van der Waals surface area (Å²) in [6.07, 6.45) is 5.96. The van der Waals surface area contributed by atoms with Crippen molar-refractivity contribution in [3.63, 3.8) is 0 Å². The van der Waals surface area contributed by atoms with Crippen molar-refractivity contribution in [3.8, 4) is 28.1 Å². The Balaban J connectivity index is 1.06. The lowest BCUT2D eigenvalue weighted by Crippen LogP contribution is -2.42. The second kappa shape index (κ2) is 15.6. The molecule has 5 heterocycles. The first-order chi connectivity index (χ1) is 25.2. The normalized spacial score (nSPS) is 17.3. The second-order valence-corrected chi connectivity index (χ2v) is 14.3. The maximum absolute atomic E-state index is 13.6. The van der Waals surface area contributed by atoms with Crippen molar-refractivity contribution in [2.24, 2.45) is 7.05 Å². The van der Waals surface area contributed by atoms with E-state index in [1.54, 1.807) is 30.0 Å². The molecule has 2 aromatic heterocycles. The van der Waals surface area contributed by atoms with Gasteiger partial charge in [-0.15, -0.1) is 0 Å². The van der Waals surface area contributed by atoms with E-state index in [0.717, 1.165) is 54.9 Å². The van der Waals surface area contributed by atoms with Crippen molar-refractivity contribution in [3.05, 3.63) is 81.5 Å². The van der Waals surface area contributed by atoms with Crippen molar-refractivity contribution in [2.75, 3.05) is 45.2 Å². The molecule has 2 aromatic carbocycles. The zero-order valence-corrected chi connectivity index (χ0v) is 30.8. The van der Waals surface area contributed by atoms with Crippen LogP contribution in [0.5, 0.6) is 5.75 Å². The van der Waals surface area contributed by atoms with Gasteiger partial charge in [0, 0.05) is 79.7 Å². The number of imidazole rings is 1. The maximum Gasteiger partial charge on any atom is 0.291 e. The van der Waals surface area contributed by atoms with E-state index in [2.05, 4.69) is 30.8 Å². The fraction of sp³-hybridized carbons (Fsp3) is 0.395. The Morgan fingerprint density at radius 3 is 2.62 bits per heavy atom. The number of benzene rings is 2. The number of aromatic nitrogens is 3. The zero-order valence-electron chi connectivity index (χ0n) is 29.3. The van der Waals surface area contributed by atoms with Gasteiger partial charge in [0.05, 0.1) is 47.3 Å². The number of carbonyl (C=O) groups is 3. The number of amides is 3. The summed E-state index contributed by atoms with van der Waals surface area (Å²) < 4.78 is 7.52. The lowest BCUT2D eigenvalue weighted by atomic mass is 10.0. The largest absolute Gasteiger partial charge is 0.496 e. The van der Waals surface area contributed by atoms with E-state index >= 15 is 0 Å². The molecule has 0 spiro atoms. The van der Waals surface area contributed by atoms with E-state index in [1.807, 2.05) is 42.3 Å². The van der Waals surface area contributed by atoms with Gasteiger partial charge in [0.2, 0.25) is 11.8 Å². The Kier molecular flexibility index (Phi) is 10.8. The Bertz CT molecular complexity index is 2010. The van der Waals surface area contributed by atoms with Gasteiger partial charge in [0.25, 0.3) is 5.91 Å². The van der Waals surface area contributed by atoms with Gasteiger partial charge < -0.3 is 30.2 Å². The molecule has 1 atom stereocenters. The van der Waals surface area contributed by atoms with Gasteiger partial charge in [-0.2, -0.15) is 0 Å². The number of fused-ring (bicyclic) bond motifs is 1. The fourth-order valence-electron chi connectivity index (χ4n) is 7.29. The molecule has 2 saturated heterocycles. The molecule has 0 bridgehead atoms. The van der Waals surface area contributed by atoms with Crippen LogP contribution in [-0.2, 0) is 36.1 Å². The predicted molar refractivity (Wildman–Crippen MR) is 201 cm³/mol. The lowest BCUT2D eigenvalue weighted by Gasteiger charge is -2.28. The van der Waals surface area contributed by atoms with E-state index in [1.165, 1.54) is 0 Å². The van der Waals surface area contributed by atoms with Gasteiger partial charge in [-0.3, -0.25) is 24.3 Å². The number of pyridine rings is 1. The molecule has 3 aliphatic rings. The Morgan fingerprint density at radius 2 is 1.85 bits per heavy atom. The molecule has 272 valence electrons. The van der Waals surface area contributed by atoms with Gasteiger partial charge in [-0.05, 0) is 50.6 Å². The van der Waals surface area contributed by atoms with Crippen LogP contribution in [0, 0.1) is 0 Å². The fourth-order valence-corrected chi connectivity index (χ4v) is 7.89. The Labute approximate surface area is 312 Å². The summed E-state index contributed by atoms with van der Waals surface area (Å²) in [5.41, 5.74) is 5.68. The number of halogens is 2. The number of nitrogens with zero attached hydrogens (tertiary/aromatic N) is 5. The number of methoxy groups -OCH3 is 1. The number of nitrogens with one attached hydrogen (secondary N) is 3. The summed E-state index contributed by atoms with van der Waals surface area (Å²) in [6, 6.07) is 13.1.